The molecule has 0 amide bonds. The van der Waals surface area contributed by atoms with Crippen molar-refractivity contribution in [3.8, 4) is 11.4 Å². The lowest BCUT2D eigenvalue weighted by atomic mass is 10.1. The van der Waals surface area contributed by atoms with Crippen LogP contribution < -0.4 is 15.3 Å². The summed E-state index contributed by atoms with van der Waals surface area (Å²) >= 11 is 0. The van der Waals surface area contributed by atoms with Gasteiger partial charge in [0.25, 0.3) is 0 Å². The minimum Gasteiger partial charge on any atom is -0.497 e. The number of aromatic nitrogens is 2. The molecule has 0 saturated carbocycles. The van der Waals surface area contributed by atoms with Gasteiger partial charge in [-0.2, -0.15) is 0 Å². The van der Waals surface area contributed by atoms with Crippen LogP contribution in [0, 0.1) is 0 Å². The summed E-state index contributed by atoms with van der Waals surface area (Å²) in [5.74, 6) is 0.524. The molecule has 0 saturated heterocycles. The van der Waals surface area contributed by atoms with Crippen LogP contribution in [0.5, 0.6) is 5.75 Å². The van der Waals surface area contributed by atoms with E-state index < -0.39 is 0 Å². The Morgan fingerprint density at radius 3 is 2.48 bits per heavy atom. The zero-order valence-electron chi connectivity index (χ0n) is 15.8. The number of imidazole rings is 1. The number of benzene rings is 2. The number of methoxy groups -OCH3 is 1. The molecule has 0 N–H and O–H groups in total. The Morgan fingerprint density at radius 1 is 1.07 bits per heavy atom. The molecule has 0 aliphatic carbocycles. The number of hydrogen-bond acceptors (Lipinski definition) is 4. The minimum atomic E-state index is -0.358. The zero-order valence-corrected chi connectivity index (χ0v) is 15.8. The molecule has 3 aromatic rings. The Bertz CT molecular complexity index is 984. The Hall–Kier alpha value is -3.28. The molecule has 2 aromatic carbocycles. The van der Waals surface area contributed by atoms with E-state index >= 15 is 0 Å². The fraction of sp³-hybridized carbons (Fsp3) is 0.238. The topological polar surface area (TPSA) is 56.5 Å². The third-order valence-corrected chi connectivity index (χ3v) is 4.45. The van der Waals surface area contributed by atoms with Crippen LogP contribution in [0.25, 0.3) is 5.69 Å². The second-order valence-electron chi connectivity index (χ2n) is 6.48. The van der Waals surface area contributed by atoms with E-state index in [4.69, 9.17) is 4.74 Å². The highest BCUT2D eigenvalue weighted by Gasteiger charge is 2.12. The standard InChI is InChI=1S/C21H23N3O3/c1-22(2)17-8-10-18(11-9-17)23-13-14-24(21(23)26)20(25)12-7-16-5-4-6-19(15-16)27-3/h4-6,8-11,13-15H,7,12H2,1-3H3. The lowest BCUT2D eigenvalue weighted by Gasteiger charge is -2.12. The summed E-state index contributed by atoms with van der Waals surface area (Å²) < 4.78 is 7.84. The van der Waals surface area contributed by atoms with Crippen LogP contribution in [0.3, 0.4) is 0 Å². The fourth-order valence-corrected chi connectivity index (χ4v) is 2.87. The molecule has 0 aliphatic rings. The molecular weight excluding hydrogens is 342 g/mol. The van der Waals surface area contributed by atoms with Crippen LogP contribution in [0.1, 0.15) is 16.8 Å². The molecule has 27 heavy (non-hydrogen) atoms. The number of rotatable bonds is 6. The largest absolute Gasteiger partial charge is 0.497 e. The van der Waals surface area contributed by atoms with Crippen molar-refractivity contribution in [3.63, 3.8) is 0 Å². The maximum Gasteiger partial charge on any atom is 0.339 e. The molecule has 0 atom stereocenters. The first-order valence-corrected chi connectivity index (χ1v) is 8.73. The predicted octanol–water partition coefficient (Wildman–Crippen LogP) is 2.99. The maximum atomic E-state index is 12.6. The van der Waals surface area contributed by atoms with Crippen molar-refractivity contribution in [3.05, 3.63) is 77.0 Å². The highest BCUT2D eigenvalue weighted by atomic mass is 16.5. The number of carbonyl (C=O) groups is 1. The number of nitrogens with zero attached hydrogens (tertiary/aromatic N) is 3. The average Bonchev–Trinajstić information content (AvgIpc) is 3.07. The van der Waals surface area contributed by atoms with E-state index in [1.165, 1.54) is 15.3 Å². The molecule has 0 unspecified atom stereocenters. The molecule has 6 heteroatoms. The van der Waals surface area contributed by atoms with Crippen LogP contribution in [0.2, 0.25) is 0 Å². The first kappa shape index (κ1) is 18.5. The fourth-order valence-electron chi connectivity index (χ4n) is 2.87. The highest BCUT2D eigenvalue weighted by Crippen LogP contribution is 2.15. The van der Waals surface area contributed by atoms with E-state index in [0.717, 1.165) is 22.7 Å². The van der Waals surface area contributed by atoms with Crippen molar-refractivity contribution >= 4 is 11.6 Å². The average molecular weight is 365 g/mol. The van der Waals surface area contributed by atoms with Gasteiger partial charge in [-0.05, 0) is 48.4 Å². The van der Waals surface area contributed by atoms with Gasteiger partial charge in [-0.25, -0.2) is 9.36 Å². The van der Waals surface area contributed by atoms with Gasteiger partial charge in [0, 0.05) is 38.6 Å². The summed E-state index contributed by atoms with van der Waals surface area (Å²) in [6.45, 7) is 0. The summed E-state index contributed by atoms with van der Waals surface area (Å²) in [6.07, 6.45) is 3.94. The van der Waals surface area contributed by atoms with Gasteiger partial charge in [-0.1, -0.05) is 12.1 Å². The summed E-state index contributed by atoms with van der Waals surface area (Å²) in [7, 11) is 5.52. The molecule has 0 fully saturated rings. The second-order valence-corrected chi connectivity index (χ2v) is 6.48. The molecule has 140 valence electrons. The molecule has 0 radical (unpaired) electrons. The molecular formula is C21H23N3O3. The third kappa shape index (κ3) is 4.11. The summed E-state index contributed by atoms with van der Waals surface area (Å²) in [5.41, 5.74) is 2.41. The van der Waals surface area contributed by atoms with Gasteiger partial charge < -0.3 is 9.64 Å². The Balaban J connectivity index is 1.74. The molecule has 0 spiro atoms. The van der Waals surface area contributed by atoms with Crippen LogP contribution >= 0.6 is 0 Å². The van der Waals surface area contributed by atoms with Gasteiger partial charge in [0.15, 0.2) is 0 Å². The monoisotopic (exact) mass is 365 g/mol. The first-order chi connectivity index (χ1) is 13.0. The van der Waals surface area contributed by atoms with Crippen molar-refractivity contribution in [1.82, 2.24) is 9.13 Å². The maximum absolute atomic E-state index is 12.6. The van der Waals surface area contributed by atoms with Gasteiger partial charge in [0.05, 0.1) is 12.8 Å². The van der Waals surface area contributed by atoms with Crippen molar-refractivity contribution in [2.45, 2.75) is 12.8 Å². The van der Waals surface area contributed by atoms with Gasteiger partial charge in [-0.15, -0.1) is 0 Å². The third-order valence-electron chi connectivity index (χ3n) is 4.45. The van der Waals surface area contributed by atoms with Crippen molar-refractivity contribution in [2.24, 2.45) is 0 Å². The van der Waals surface area contributed by atoms with Crippen molar-refractivity contribution in [2.75, 3.05) is 26.1 Å². The molecule has 0 aliphatic heterocycles. The van der Waals surface area contributed by atoms with E-state index in [1.54, 1.807) is 13.3 Å². The van der Waals surface area contributed by atoms with E-state index in [-0.39, 0.29) is 18.0 Å². The van der Waals surface area contributed by atoms with Crippen molar-refractivity contribution in [1.29, 1.82) is 0 Å². The number of aryl methyl sites for hydroxylation is 1. The molecule has 1 heterocycles. The van der Waals surface area contributed by atoms with E-state index in [9.17, 15) is 9.59 Å². The van der Waals surface area contributed by atoms with Gasteiger partial charge in [0.2, 0.25) is 5.91 Å². The van der Waals surface area contributed by atoms with Crippen LogP contribution in [0.15, 0.2) is 65.7 Å². The second kappa shape index (κ2) is 7.95. The van der Waals surface area contributed by atoms with Crippen LogP contribution in [-0.2, 0) is 6.42 Å². The van der Waals surface area contributed by atoms with E-state index in [2.05, 4.69) is 0 Å². The molecule has 6 nitrogen and oxygen atoms in total. The molecule has 3 rings (SSSR count). The normalized spacial score (nSPS) is 10.6. The van der Waals surface area contributed by atoms with Gasteiger partial charge >= 0.3 is 5.69 Å². The number of anilines is 1. The van der Waals surface area contributed by atoms with Gasteiger partial charge in [0.1, 0.15) is 5.75 Å². The summed E-state index contributed by atoms with van der Waals surface area (Å²) in [4.78, 5) is 27.1. The lowest BCUT2D eigenvalue weighted by Crippen LogP contribution is -2.28. The van der Waals surface area contributed by atoms with Crippen LogP contribution in [0.4, 0.5) is 5.69 Å². The van der Waals surface area contributed by atoms with E-state index in [1.807, 2.05) is 67.5 Å². The zero-order chi connectivity index (χ0) is 19.4. The Labute approximate surface area is 158 Å². The highest BCUT2D eigenvalue weighted by molar-refractivity contribution is 5.79. The number of ether oxygens (including phenoxy) is 1. The smallest absolute Gasteiger partial charge is 0.339 e. The summed E-state index contributed by atoms with van der Waals surface area (Å²) in [5, 5.41) is 0. The minimum absolute atomic E-state index is 0.230. The molecule has 1 aromatic heterocycles. The predicted molar refractivity (Wildman–Crippen MR) is 106 cm³/mol. The lowest BCUT2D eigenvalue weighted by molar-refractivity contribution is 0.0898. The Morgan fingerprint density at radius 2 is 1.81 bits per heavy atom. The van der Waals surface area contributed by atoms with Gasteiger partial charge in [-0.3, -0.25) is 9.36 Å². The van der Waals surface area contributed by atoms with Crippen LogP contribution in [-0.4, -0.2) is 36.2 Å². The summed E-state index contributed by atoms with van der Waals surface area (Å²) in [6, 6.07) is 15.2. The van der Waals surface area contributed by atoms with Crippen molar-refractivity contribution < 1.29 is 9.53 Å². The quantitative estimate of drug-likeness (QED) is 0.674. The first-order valence-electron chi connectivity index (χ1n) is 8.73. The Kier molecular flexibility index (Phi) is 5.45. The van der Waals surface area contributed by atoms with E-state index in [0.29, 0.717) is 6.42 Å². The molecule has 0 bridgehead atoms. The SMILES string of the molecule is COc1cccc(CCC(=O)n2ccn(-c3ccc(N(C)C)cc3)c2=O)c1. The number of hydrogen-bond donors (Lipinski definition) is 0. The number of carbonyl (C=O) groups excluding carboxylic acids is 1.